The number of likely N-dealkylation sites (N-methyl/N-ethyl adjacent to an activating group) is 1. The molecule has 0 radical (unpaired) electrons. The highest BCUT2D eigenvalue weighted by atomic mass is 32.1. The molecule has 2 nitrogen and oxygen atoms in total. The summed E-state index contributed by atoms with van der Waals surface area (Å²) in [7, 11) is 0. The first-order chi connectivity index (χ1) is 8.51. The van der Waals surface area contributed by atoms with Gasteiger partial charge in [0.15, 0.2) is 0 Å². The molecule has 1 heterocycles. The van der Waals surface area contributed by atoms with E-state index in [4.69, 9.17) is 0 Å². The number of alkyl halides is 3. The van der Waals surface area contributed by atoms with Gasteiger partial charge in [-0.3, -0.25) is 4.90 Å². The summed E-state index contributed by atoms with van der Waals surface area (Å²) in [6, 6.07) is 2.06. The molecule has 0 saturated heterocycles. The number of nitrogens with one attached hydrogen (secondary N) is 1. The Morgan fingerprint density at radius 3 is 2.67 bits per heavy atom. The molecule has 0 bridgehead atoms. The number of halogens is 3. The monoisotopic (exact) mass is 280 g/mol. The molecule has 6 heteroatoms. The van der Waals surface area contributed by atoms with E-state index in [1.54, 1.807) is 18.3 Å². The van der Waals surface area contributed by atoms with Crippen LogP contribution in [-0.4, -0.2) is 43.8 Å². The fourth-order valence-electron chi connectivity index (χ4n) is 1.63. The molecule has 1 aromatic rings. The van der Waals surface area contributed by atoms with E-state index in [9.17, 15) is 13.2 Å². The number of nitrogens with zero attached hydrogens (tertiary/aromatic N) is 1. The van der Waals surface area contributed by atoms with Crippen molar-refractivity contribution in [1.82, 2.24) is 10.2 Å². The van der Waals surface area contributed by atoms with Gasteiger partial charge in [0, 0.05) is 13.1 Å². The van der Waals surface area contributed by atoms with Crippen LogP contribution in [0.25, 0.3) is 0 Å². The van der Waals surface area contributed by atoms with Crippen molar-refractivity contribution in [3.8, 4) is 0 Å². The lowest BCUT2D eigenvalue weighted by molar-refractivity contribution is -0.145. The minimum Gasteiger partial charge on any atom is -0.315 e. The fraction of sp³-hybridized carbons (Fsp3) is 0.667. The number of thiophene rings is 1. The highest BCUT2D eigenvalue weighted by Gasteiger charge is 2.29. The second-order valence-electron chi connectivity index (χ2n) is 4.12. The molecular formula is C12H19F3N2S. The zero-order valence-corrected chi connectivity index (χ0v) is 11.3. The van der Waals surface area contributed by atoms with E-state index in [0.717, 1.165) is 13.0 Å². The van der Waals surface area contributed by atoms with Crippen LogP contribution in [0.1, 0.15) is 12.5 Å². The Balaban J connectivity index is 2.08. The number of hydrogen-bond donors (Lipinski definition) is 1. The van der Waals surface area contributed by atoms with Gasteiger partial charge in [-0.15, -0.1) is 0 Å². The van der Waals surface area contributed by atoms with Gasteiger partial charge in [0.1, 0.15) is 0 Å². The topological polar surface area (TPSA) is 15.3 Å². The lowest BCUT2D eigenvalue weighted by atomic mass is 10.2. The predicted molar refractivity (Wildman–Crippen MR) is 69.1 cm³/mol. The second-order valence-corrected chi connectivity index (χ2v) is 4.90. The van der Waals surface area contributed by atoms with Crippen molar-refractivity contribution in [2.24, 2.45) is 0 Å². The van der Waals surface area contributed by atoms with Crippen molar-refractivity contribution in [2.75, 3.05) is 32.7 Å². The Labute approximate surface area is 110 Å². The molecule has 0 atom stereocenters. The molecule has 0 spiro atoms. The zero-order valence-electron chi connectivity index (χ0n) is 10.5. The summed E-state index contributed by atoms with van der Waals surface area (Å²) >= 11 is 1.66. The van der Waals surface area contributed by atoms with Gasteiger partial charge in [-0.05, 0) is 41.9 Å². The van der Waals surface area contributed by atoms with E-state index >= 15 is 0 Å². The quantitative estimate of drug-likeness (QED) is 0.737. The first-order valence-electron chi connectivity index (χ1n) is 6.02. The second kappa shape index (κ2) is 7.76. The van der Waals surface area contributed by atoms with Gasteiger partial charge in [0.05, 0.1) is 6.54 Å². The summed E-state index contributed by atoms with van der Waals surface area (Å²) in [5, 5.41) is 7.28. The van der Waals surface area contributed by atoms with Crippen molar-refractivity contribution in [3.63, 3.8) is 0 Å². The van der Waals surface area contributed by atoms with Crippen LogP contribution in [0.2, 0.25) is 0 Å². The highest BCUT2D eigenvalue weighted by Crippen LogP contribution is 2.15. The van der Waals surface area contributed by atoms with Gasteiger partial charge < -0.3 is 5.32 Å². The van der Waals surface area contributed by atoms with Gasteiger partial charge in [-0.2, -0.15) is 24.5 Å². The summed E-state index contributed by atoms with van der Waals surface area (Å²) in [6.45, 7) is 3.17. The number of rotatable bonds is 8. The molecule has 0 amide bonds. The zero-order chi connectivity index (χ0) is 13.4. The summed E-state index contributed by atoms with van der Waals surface area (Å²) in [6.07, 6.45) is -3.18. The van der Waals surface area contributed by atoms with Crippen LogP contribution in [0.5, 0.6) is 0 Å². The largest absolute Gasteiger partial charge is 0.401 e. The molecular weight excluding hydrogens is 261 g/mol. The smallest absolute Gasteiger partial charge is 0.315 e. The van der Waals surface area contributed by atoms with Gasteiger partial charge in [0.25, 0.3) is 0 Å². The molecule has 0 unspecified atom stereocenters. The molecule has 18 heavy (non-hydrogen) atoms. The standard InChI is InChI=1S/C12H19F3N2S/c1-2-17(10-12(13,14)15)7-6-16-5-3-11-4-8-18-9-11/h4,8-9,16H,2-3,5-7,10H2,1H3. The third-order valence-corrected chi connectivity index (χ3v) is 3.36. The SMILES string of the molecule is CCN(CCNCCc1ccsc1)CC(F)(F)F. The third kappa shape index (κ3) is 6.98. The van der Waals surface area contributed by atoms with Crippen molar-refractivity contribution in [1.29, 1.82) is 0 Å². The molecule has 0 fully saturated rings. The van der Waals surface area contributed by atoms with Gasteiger partial charge in [-0.1, -0.05) is 6.92 Å². The minimum absolute atomic E-state index is 0.422. The molecule has 1 aromatic heterocycles. The van der Waals surface area contributed by atoms with Crippen LogP contribution in [0, 0.1) is 0 Å². The maximum absolute atomic E-state index is 12.2. The lowest BCUT2D eigenvalue weighted by Gasteiger charge is -2.21. The Morgan fingerprint density at radius 1 is 1.33 bits per heavy atom. The van der Waals surface area contributed by atoms with E-state index in [2.05, 4.69) is 16.8 Å². The summed E-state index contributed by atoms with van der Waals surface area (Å²) in [4.78, 5) is 1.40. The first-order valence-corrected chi connectivity index (χ1v) is 6.96. The van der Waals surface area contributed by atoms with E-state index in [1.807, 2.05) is 5.38 Å². The molecule has 0 aliphatic rings. The van der Waals surface area contributed by atoms with Crippen LogP contribution in [-0.2, 0) is 6.42 Å². The van der Waals surface area contributed by atoms with Crippen LogP contribution < -0.4 is 5.32 Å². The molecule has 0 aliphatic carbocycles. The Morgan fingerprint density at radius 2 is 2.11 bits per heavy atom. The normalized spacial score (nSPS) is 12.3. The summed E-state index contributed by atoms with van der Waals surface area (Å²) in [5.74, 6) is 0. The van der Waals surface area contributed by atoms with E-state index in [-0.39, 0.29) is 0 Å². The predicted octanol–water partition coefficient (Wildman–Crippen LogP) is 2.76. The van der Waals surface area contributed by atoms with E-state index in [1.165, 1.54) is 10.5 Å². The molecule has 104 valence electrons. The van der Waals surface area contributed by atoms with Crippen LogP contribution in [0.4, 0.5) is 13.2 Å². The van der Waals surface area contributed by atoms with E-state index in [0.29, 0.717) is 19.6 Å². The highest BCUT2D eigenvalue weighted by molar-refractivity contribution is 7.07. The maximum atomic E-state index is 12.2. The number of hydrogen-bond acceptors (Lipinski definition) is 3. The first kappa shape index (κ1) is 15.5. The average Bonchev–Trinajstić information content (AvgIpc) is 2.78. The Kier molecular flexibility index (Phi) is 6.67. The van der Waals surface area contributed by atoms with Crippen molar-refractivity contribution in [2.45, 2.75) is 19.5 Å². The van der Waals surface area contributed by atoms with Gasteiger partial charge >= 0.3 is 6.18 Å². The van der Waals surface area contributed by atoms with Crippen molar-refractivity contribution >= 4 is 11.3 Å². The molecule has 1 N–H and O–H groups in total. The van der Waals surface area contributed by atoms with Crippen molar-refractivity contribution < 1.29 is 13.2 Å². The van der Waals surface area contributed by atoms with Crippen LogP contribution >= 0.6 is 11.3 Å². The Bertz CT molecular complexity index is 312. The maximum Gasteiger partial charge on any atom is 0.401 e. The molecule has 0 saturated carbocycles. The van der Waals surface area contributed by atoms with Gasteiger partial charge in [-0.25, -0.2) is 0 Å². The summed E-state index contributed by atoms with van der Waals surface area (Å²) < 4.78 is 36.6. The fourth-order valence-corrected chi connectivity index (χ4v) is 2.34. The molecule has 0 aliphatic heterocycles. The van der Waals surface area contributed by atoms with E-state index < -0.39 is 12.7 Å². The van der Waals surface area contributed by atoms with Crippen molar-refractivity contribution in [3.05, 3.63) is 22.4 Å². The van der Waals surface area contributed by atoms with Gasteiger partial charge in [0.2, 0.25) is 0 Å². The average molecular weight is 280 g/mol. The third-order valence-electron chi connectivity index (χ3n) is 2.63. The lowest BCUT2D eigenvalue weighted by Crippen LogP contribution is -2.38. The summed E-state index contributed by atoms with van der Waals surface area (Å²) in [5.41, 5.74) is 1.27. The molecule has 1 rings (SSSR count). The minimum atomic E-state index is -4.10. The molecule has 0 aromatic carbocycles. The Hall–Kier alpha value is -0.590. The van der Waals surface area contributed by atoms with Crippen LogP contribution in [0.15, 0.2) is 16.8 Å². The van der Waals surface area contributed by atoms with Crippen LogP contribution in [0.3, 0.4) is 0 Å².